The number of hydrogen-bond acceptors (Lipinski definition) is 6. The highest BCUT2D eigenvalue weighted by Crippen LogP contribution is 2.31. The normalized spacial score (nSPS) is 27.6. The Balaban J connectivity index is 1.38. The minimum atomic E-state index is 0.205. The van der Waals surface area contributed by atoms with Gasteiger partial charge in [0.05, 0.1) is 6.67 Å². The van der Waals surface area contributed by atoms with Crippen LogP contribution in [0.1, 0.15) is 38.5 Å². The first-order valence-corrected chi connectivity index (χ1v) is 9.05. The maximum Gasteiger partial charge on any atom is 0.243 e. The van der Waals surface area contributed by atoms with Crippen molar-refractivity contribution in [3.63, 3.8) is 0 Å². The maximum absolute atomic E-state index is 12.2. The van der Waals surface area contributed by atoms with Gasteiger partial charge in [-0.2, -0.15) is 4.98 Å². The molecule has 2 saturated carbocycles. The zero-order valence-electron chi connectivity index (χ0n) is 14.0. The zero-order valence-corrected chi connectivity index (χ0v) is 14.0. The average Bonchev–Trinajstić information content (AvgIpc) is 3.32. The van der Waals surface area contributed by atoms with Crippen LogP contribution in [0.3, 0.4) is 0 Å². The Kier molecular flexibility index (Phi) is 4.26. The summed E-state index contributed by atoms with van der Waals surface area (Å²) in [5, 5.41) is 3.43. The fourth-order valence-corrected chi connectivity index (χ4v) is 3.56. The lowest BCUT2D eigenvalue weighted by Crippen LogP contribution is -2.33. The fraction of sp³-hybridized carbons (Fsp3) is 0.706. The van der Waals surface area contributed by atoms with Gasteiger partial charge in [-0.25, -0.2) is 4.98 Å². The van der Waals surface area contributed by atoms with E-state index in [1.165, 1.54) is 12.8 Å². The number of carbonyl (C=O) groups is 1. The Morgan fingerprint density at radius 2 is 2.00 bits per heavy atom. The van der Waals surface area contributed by atoms with Crippen LogP contribution in [0.15, 0.2) is 12.3 Å². The largest absolute Gasteiger partial charge is 0.351 e. The van der Waals surface area contributed by atoms with Crippen molar-refractivity contribution in [2.24, 2.45) is 11.7 Å². The topological polar surface area (TPSA) is 87.4 Å². The number of carbonyl (C=O) groups excluding carboxylic acids is 1. The van der Waals surface area contributed by atoms with Crippen LogP contribution < -0.4 is 16.0 Å². The smallest absolute Gasteiger partial charge is 0.243 e. The molecule has 2 aliphatic carbocycles. The molecule has 130 valence electrons. The van der Waals surface area contributed by atoms with Gasteiger partial charge in [-0.15, -0.1) is 0 Å². The van der Waals surface area contributed by atoms with Crippen LogP contribution in [0.2, 0.25) is 0 Å². The van der Waals surface area contributed by atoms with Gasteiger partial charge >= 0.3 is 0 Å². The quantitative estimate of drug-likeness (QED) is 0.843. The van der Waals surface area contributed by atoms with E-state index < -0.39 is 0 Å². The van der Waals surface area contributed by atoms with E-state index in [1.54, 1.807) is 6.20 Å². The van der Waals surface area contributed by atoms with Crippen LogP contribution in [0.5, 0.6) is 0 Å². The van der Waals surface area contributed by atoms with Crippen molar-refractivity contribution in [3.8, 4) is 0 Å². The van der Waals surface area contributed by atoms with Gasteiger partial charge in [0.25, 0.3) is 0 Å². The molecule has 0 bridgehead atoms. The van der Waals surface area contributed by atoms with Crippen LogP contribution in [0.25, 0.3) is 0 Å². The molecule has 3 aliphatic rings. The molecule has 0 spiro atoms. The Morgan fingerprint density at radius 3 is 2.75 bits per heavy atom. The SMILES string of the molecule is NC1CCC(Nc2nccc(N3CC(=O)N(CC4CC4)C3)n2)CC1. The second kappa shape index (κ2) is 6.55. The summed E-state index contributed by atoms with van der Waals surface area (Å²) in [6.45, 7) is 1.96. The third-order valence-corrected chi connectivity index (χ3v) is 5.27. The van der Waals surface area contributed by atoms with Gasteiger partial charge in [0, 0.05) is 24.8 Å². The van der Waals surface area contributed by atoms with Crippen molar-refractivity contribution in [2.45, 2.75) is 50.6 Å². The van der Waals surface area contributed by atoms with E-state index in [2.05, 4.69) is 15.3 Å². The van der Waals surface area contributed by atoms with Gasteiger partial charge in [-0.1, -0.05) is 0 Å². The van der Waals surface area contributed by atoms with E-state index in [1.807, 2.05) is 15.9 Å². The minimum absolute atomic E-state index is 0.205. The molecule has 1 aliphatic heterocycles. The number of nitrogens with zero attached hydrogens (tertiary/aromatic N) is 4. The summed E-state index contributed by atoms with van der Waals surface area (Å²) in [5.41, 5.74) is 5.96. The van der Waals surface area contributed by atoms with Gasteiger partial charge in [-0.05, 0) is 50.5 Å². The average molecular weight is 330 g/mol. The molecule has 3 fully saturated rings. The second-order valence-corrected chi connectivity index (χ2v) is 7.39. The van der Waals surface area contributed by atoms with Crippen molar-refractivity contribution in [1.29, 1.82) is 0 Å². The van der Waals surface area contributed by atoms with Crippen LogP contribution in [-0.2, 0) is 4.79 Å². The molecule has 1 amide bonds. The minimum Gasteiger partial charge on any atom is -0.351 e. The Labute approximate surface area is 142 Å². The summed E-state index contributed by atoms with van der Waals surface area (Å²) in [7, 11) is 0. The molecule has 0 unspecified atom stereocenters. The maximum atomic E-state index is 12.2. The third kappa shape index (κ3) is 3.61. The summed E-state index contributed by atoms with van der Waals surface area (Å²) in [5.74, 6) is 2.40. The van der Waals surface area contributed by atoms with Gasteiger partial charge in [0.15, 0.2) is 0 Å². The van der Waals surface area contributed by atoms with E-state index in [9.17, 15) is 4.79 Å². The monoisotopic (exact) mass is 330 g/mol. The third-order valence-electron chi connectivity index (χ3n) is 5.27. The lowest BCUT2D eigenvalue weighted by molar-refractivity contribution is -0.126. The molecule has 1 aromatic rings. The zero-order chi connectivity index (χ0) is 16.5. The number of hydrogen-bond donors (Lipinski definition) is 2. The van der Waals surface area contributed by atoms with Crippen LogP contribution in [-0.4, -0.2) is 52.6 Å². The Hall–Kier alpha value is -1.89. The van der Waals surface area contributed by atoms with Gasteiger partial charge in [0.2, 0.25) is 11.9 Å². The lowest BCUT2D eigenvalue weighted by atomic mass is 9.92. The van der Waals surface area contributed by atoms with Crippen LogP contribution >= 0.6 is 0 Å². The molecular formula is C17H26N6O. The summed E-state index contributed by atoms with van der Waals surface area (Å²) in [6.07, 6.45) is 8.51. The van der Waals surface area contributed by atoms with Gasteiger partial charge in [-0.3, -0.25) is 4.79 Å². The van der Waals surface area contributed by atoms with Crippen molar-refractivity contribution >= 4 is 17.7 Å². The fourth-order valence-electron chi connectivity index (χ4n) is 3.56. The van der Waals surface area contributed by atoms with Crippen LogP contribution in [0, 0.1) is 5.92 Å². The molecule has 7 heteroatoms. The number of rotatable bonds is 5. The van der Waals surface area contributed by atoms with E-state index >= 15 is 0 Å². The first kappa shape index (κ1) is 15.6. The number of aromatic nitrogens is 2. The predicted octanol–water partition coefficient (Wildman–Crippen LogP) is 1.17. The van der Waals surface area contributed by atoms with E-state index in [0.717, 1.165) is 38.0 Å². The molecule has 2 heterocycles. The molecule has 4 rings (SSSR count). The predicted molar refractivity (Wildman–Crippen MR) is 92.5 cm³/mol. The molecule has 3 N–H and O–H groups in total. The Bertz CT molecular complexity index is 596. The molecular weight excluding hydrogens is 304 g/mol. The van der Waals surface area contributed by atoms with E-state index in [0.29, 0.717) is 37.2 Å². The second-order valence-electron chi connectivity index (χ2n) is 7.39. The highest BCUT2D eigenvalue weighted by atomic mass is 16.2. The number of amides is 1. The van der Waals surface area contributed by atoms with Gasteiger partial charge < -0.3 is 20.9 Å². The Morgan fingerprint density at radius 1 is 1.21 bits per heavy atom. The summed E-state index contributed by atoms with van der Waals surface area (Å²) < 4.78 is 0. The van der Waals surface area contributed by atoms with Crippen LogP contribution in [0.4, 0.5) is 11.8 Å². The highest BCUT2D eigenvalue weighted by molar-refractivity contribution is 5.84. The van der Waals surface area contributed by atoms with Crippen molar-refractivity contribution in [2.75, 3.05) is 30.0 Å². The van der Waals surface area contributed by atoms with Crippen molar-refractivity contribution < 1.29 is 4.79 Å². The molecule has 24 heavy (non-hydrogen) atoms. The van der Waals surface area contributed by atoms with E-state index in [-0.39, 0.29) is 5.91 Å². The molecule has 0 aromatic carbocycles. The molecule has 0 radical (unpaired) electrons. The molecule has 1 saturated heterocycles. The molecule has 0 atom stereocenters. The van der Waals surface area contributed by atoms with Crippen molar-refractivity contribution in [3.05, 3.63) is 12.3 Å². The standard InChI is InChI=1S/C17H26N6O/c18-13-3-5-14(6-4-13)20-17-19-8-7-15(21-17)22-10-16(24)23(11-22)9-12-1-2-12/h7-8,12-14H,1-6,9-11,18H2,(H,19,20,21). The first-order valence-electron chi connectivity index (χ1n) is 9.05. The number of nitrogens with one attached hydrogen (secondary N) is 1. The molecule has 7 nitrogen and oxygen atoms in total. The summed E-state index contributed by atoms with van der Waals surface area (Å²) in [6, 6.07) is 2.62. The molecule has 1 aromatic heterocycles. The number of nitrogens with two attached hydrogens (primary N) is 1. The number of anilines is 2. The first-order chi connectivity index (χ1) is 11.7. The summed E-state index contributed by atoms with van der Waals surface area (Å²) >= 11 is 0. The summed E-state index contributed by atoms with van der Waals surface area (Å²) in [4.78, 5) is 25.1. The highest BCUT2D eigenvalue weighted by Gasteiger charge is 2.33. The van der Waals surface area contributed by atoms with Crippen molar-refractivity contribution in [1.82, 2.24) is 14.9 Å². The van der Waals surface area contributed by atoms with Gasteiger partial charge in [0.1, 0.15) is 12.4 Å². The lowest BCUT2D eigenvalue weighted by Gasteiger charge is -2.27. The van der Waals surface area contributed by atoms with E-state index in [4.69, 9.17) is 5.73 Å².